The van der Waals surface area contributed by atoms with Crippen molar-refractivity contribution in [3.63, 3.8) is 0 Å². The molecule has 0 atom stereocenters. The summed E-state index contributed by atoms with van der Waals surface area (Å²) < 4.78 is 50.5. The fourth-order valence-corrected chi connectivity index (χ4v) is 4.38. The van der Waals surface area contributed by atoms with Gasteiger partial charge >= 0.3 is 6.18 Å². The number of para-hydroxylation sites is 1. The number of morpholine rings is 1. The molecule has 5 rings (SSSR count). The summed E-state index contributed by atoms with van der Waals surface area (Å²) in [6.45, 7) is 6.55. The Labute approximate surface area is 202 Å². The highest BCUT2D eigenvalue weighted by Crippen LogP contribution is 2.34. The quantitative estimate of drug-likeness (QED) is 0.509. The molecule has 0 aliphatic carbocycles. The molecule has 0 saturated carbocycles. The van der Waals surface area contributed by atoms with Crippen molar-refractivity contribution in [2.45, 2.75) is 32.6 Å². The van der Waals surface area contributed by atoms with Gasteiger partial charge in [-0.2, -0.15) is 18.2 Å². The van der Waals surface area contributed by atoms with E-state index in [1.165, 1.54) is 0 Å². The van der Waals surface area contributed by atoms with E-state index in [9.17, 15) is 13.2 Å². The minimum atomic E-state index is -4.33. The molecule has 9 heteroatoms. The summed E-state index contributed by atoms with van der Waals surface area (Å²) in [5.74, 6) is 1.91. The molecule has 1 aromatic heterocycles. The maximum Gasteiger partial charge on any atom is 0.416 e. The Morgan fingerprint density at radius 1 is 0.971 bits per heavy atom. The Hall–Kier alpha value is -3.17. The molecule has 0 amide bonds. The number of hydrogen-bond donors (Lipinski definition) is 0. The van der Waals surface area contributed by atoms with Crippen molar-refractivity contribution in [1.29, 1.82) is 0 Å². The van der Waals surface area contributed by atoms with Crippen LogP contribution in [0.15, 0.2) is 48.5 Å². The van der Waals surface area contributed by atoms with E-state index in [0.29, 0.717) is 44.6 Å². The number of halogens is 3. The summed E-state index contributed by atoms with van der Waals surface area (Å²) in [6.07, 6.45) is -3.63. The fourth-order valence-electron chi connectivity index (χ4n) is 4.38. The monoisotopic (exact) mass is 484 g/mol. The van der Waals surface area contributed by atoms with Crippen LogP contribution in [0.3, 0.4) is 0 Å². The zero-order valence-electron chi connectivity index (χ0n) is 19.5. The number of rotatable bonds is 5. The van der Waals surface area contributed by atoms with Gasteiger partial charge in [0.25, 0.3) is 0 Å². The van der Waals surface area contributed by atoms with Crippen LogP contribution in [-0.2, 0) is 30.4 Å². The van der Waals surface area contributed by atoms with Crippen molar-refractivity contribution in [3.8, 4) is 11.6 Å². The van der Waals surface area contributed by atoms with Gasteiger partial charge in [0.2, 0.25) is 11.8 Å². The van der Waals surface area contributed by atoms with Crippen LogP contribution in [0.4, 0.5) is 19.1 Å². The topological polar surface area (TPSA) is 50.7 Å². The molecule has 0 N–H and O–H groups in total. The molecular weight excluding hydrogens is 457 g/mol. The number of aryl methyl sites for hydroxylation is 1. The number of hydrogen-bond acceptors (Lipinski definition) is 6. The van der Waals surface area contributed by atoms with Crippen LogP contribution in [0.5, 0.6) is 11.6 Å². The van der Waals surface area contributed by atoms with Crippen LogP contribution in [-0.4, -0.2) is 47.7 Å². The van der Waals surface area contributed by atoms with Gasteiger partial charge in [-0.15, -0.1) is 0 Å². The van der Waals surface area contributed by atoms with Crippen LogP contribution >= 0.6 is 0 Å². The highest BCUT2D eigenvalue weighted by Gasteiger charge is 2.30. The molecule has 35 heavy (non-hydrogen) atoms. The number of anilines is 1. The van der Waals surface area contributed by atoms with Gasteiger partial charge < -0.3 is 14.4 Å². The van der Waals surface area contributed by atoms with Gasteiger partial charge in [-0.25, -0.2) is 4.98 Å². The maximum absolute atomic E-state index is 12.9. The lowest BCUT2D eigenvalue weighted by Gasteiger charge is -2.32. The van der Waals surface area contributed by atoms with Crippen LogP contribution in [0, 0.1) is 6.92 Å². The average molecular weight is 485 g/mol. The third-order valence-corrected chi connectivity index (χ3v) is 6.37. The fraction of sp³-hybridized carbons (Fsp3) is 0.385. The van der Waals surface area contributed by atoms with E-state index in [4.69, 9.17) is 19.4 Å². The van der Waals surface area contributed by atoms with Crippen LogP contribution in [0.2, 0.25) is 0 Å². The van der Waals surface area contributed by atoms with Crippen LogP contribution in [0.25, 0.3) is 0 Å². The standard InChI is InChI=1S/C26H27F3N4O2/c1-18-4-2-3-5-23(18)35-24-21-17-32(16-19-6-8-20(9-7-19)26(27,28)29)11-10-22(21)30-25(31-24)33-12-14-34-15-13-33/h2-9H,10-17H2,1H3. The zero-order chi connectivity index (χ0) is 24.4. The molecular formula is C26H27F3N4O2. The highest BCUT2D eigenvalue weighted by atomic mass is 19.4. The van der Waals surface area contributed by atoms with Gasteiger partial charge in [-0.05, 0) is 36.2 Å². The smallest absolute Gasteiger partial charge is 0.416 e. The number of fused-ring (bicyclic) bond motifs is 1. The first-order chi connectivity index (χ1) is 16.9. The van der Waals surface area contributed by atoms with E-state index in [1.54, 1.807) is 12.1 Å². The average Bonchev–Trinajstić information content (AvgIpc) is 2.86. The number of ether oxygens (including phenoxy) is 2. The molecule has 0 radical (unpaired) electrons. The molecule has 2 aliphatic rings. The van der Waals surface area contributed by atoms with E-state index in [2.05, 4.69) is 9.80 Å². The molecule has 184 valence electrons. The van der Waals surface area contributed by atoms with E-state index in [-0.39, 0.29) is 0 Å². The molecule has 2 aliphatic heterocycles. The van der Waals surface area contributed by atoms with E-state index >= 15 is 0 Å². The van der Waals surface area contributed by atoms with Crippen molar-refractivity contribution < 1.29 is 22.6 Å². The van der Waals surface area contributed by atoms with Gasteiger partial charge in [-0.1, -0.05) is 30.3 Å². The molecule has 1 fully saturated rings. The number of nitrogens with zero attached hydrogens (tertiary/aromatic N) is 4. The van der Waals surface area contributed by atoms with Crippen LogP contribution in [0.1, 0.15) is 27.9 Å². The summed E-state index contributed by atoms with van der Waals surface area (Å²) in [4.78, 5) is 14.0. The summed E-state index contributed by atoms with van der Waals surface area (Å²) in [6, 6.07) is 13.2. The lowest BCUT2D eigenvalue weighted by atomic mass is 10.0. The van der Waals surface area contributed by atoms with Gasteiger partial charge in [0.15, 0.2) is 0 Å². The Morgan fingerprint density at radius 3 is 2.43 bits per heavy atom. The maximum atomic E-state index is 12.9. The summed E-state index contributed by atoms with van der Waals surface area (Å²) in [7, 11) is 0. The van der Waals surface area contributed by atoms with Gasteiger partial charge in [0.1, 0.15) is 5.75 Å². The Balaban J connectivity index is 1.41. The second-order valence-corrected chi connectivity index (χ2v) is 8.88. The Kier molecular flexibility index (Phi) is 6.62. The summed E-state index contributed by atoms with van der Waals surface area (Å²) in [5.41, 5.74) is 3.07. The minimum absolute atomic E-state index is 0.530. The number of aromatic nitrogens is 2. The molecule has 0 bridgehead atoms. The third-order valence-electron chi connectivity index (χ3n) is 6.37. The molecule has 0 spiro atoms. The highest BCUT2D eigenvalue weighted by molar-refractivity contribution is 5.45. The lowest BCUT2D eigenvalue weighted by molar-refractivity contribution is -0.137. The molecule has 1 saturated heterocycles. The normalized spacial score (nSPS) is 16.7. The number of benzene rings is 2. The molecule has 0 unspecified atom stereocenters. The predicted molar refractivity (Wildman–Crippen MR) is 126 cm³/mol. The van der Waals surface area contributed by atoms with E-state index < -0.39 is 11.7 Å². The Morgan fingerprint density at radius 2 is 1.71 bits per heavy atom. The first kappa shape index (κ1) is 23.6. The van der Waals surface area contributed by atoms with Crippen LogP contribution < -0.4 is 9.64 Å². The molecule has 6 nitrogen and oxygen atoms in total. The molecule has 3 aromatic rings. The summed E-state index contributed by atoms with van der Waals surface area (Å²) >= 11 is 0. The first-order valence-corrected chi connectivity index (χ1v) is 11.7. The SMILES string of the molecule is Cc1ccccc1Oc1nc(N2CCOCC2)nc2c1CN(Cc1ccc(C(F)(F)F)cc1)CC2. The third kappa shape index (κ3) is 5.41. The van der Waals surface area contributed by atoms with Crippen molar-refractivity contribution >= 4 is 5.95 Å². The van der Waals surface area contributed by atoms with Gasteiger partial charge in [0, 0.05) is 39.1 Å². The Bertz CT molecular complexity index is 1180. The first-order valence-electron chi connectivity index (χ1n) is 11.7. The van der Waals surface area contributed by atoms with Crippen molar-refractivity contribution in [1.82, 2.24) is 14.9 Å². The summed E-state index contributed by atoms with van der Waals surface area (Å²) in [5, 5.41) is 0. The second kappa shape index (κ2) is 9.83. The largest absolute Gasteiger partial charge is 0.438 e. The van der Waals surface area contributed by atoms with Crippen molar-refractivity contribution in [3.05, 3.63) is 76.5 Å². The van der Waals surface area contributed by atoms with E-state index in [0.717, 1.165) is 59.9 Å². The minimum Gasteiger partial charge on any atom is -0.438 e. The molecule has 3 heterocycles. The van der Waals surface area contributed by atoms with E-state index in [1.807, 2.05) is 31.2 Å². The van der Waals surface area contributed by atoms with Crippen molar-refractivity contribution in [2.75, 3.05) is 37.7 Å². The van der Waals surface area contributed by atoms with Gasteiger partial charge in [0.05, 0.1) is 30.0 Å². The zero-order valence-corrected chi connectivity index (χ0v) is 19.5. The molecule has 2 aromatic carbocycles. The number of alkyl halides is 3. The van der Waals surface area contributed by atoms with Crippen molar-refractivity contribution in [2.24, 2.45) is 0 Å². The lowest BCUT2D eigenvalue weighted by Crippen LogP contribution is -2.38. The second-order valence-electron chi connectivity index (χ2n) is 8.88. The predicted octanol–water partition coefficient (Wildman–Crippen LogP) is 4.99. The van der Waals surface area contributed by atoms with Gasteiger partial charge in [-0.3, -0.25) is 4.90 Å².